The number of hydrogen-bond acceptors (Lipinski definition) is 5. The number of anilines is 1. The summed E-state index contributed by atoms with van der Waals surface area (Å²) in [7, 11) is 1.59. The van der Waals surface area contributed by atoms with Crippen molar-refractivity contribution in [1.82, 2.24) is 5.43 Å². The number of methoxy groups -OCH3 is 1. The molecule has 2 N–H and O–H groups in total. The van der Waals surface area contributed by atoms with Crippen LogP contribution in [0.1, 0.15) is 11.1 Å². The minimum Gasteiger partial charge on any atom is -0.495 e. The van der Waals surface area contributed by atoms with Gasteiger partial charge in [-0.25, -0.2) is 5.43 Å². The maximum Gasteiger partial charge on any atom is 0.259 e. The molecule has 6 heteroatoms. The van der Waals surface area contributed by atoms with E-state index in [0.717, 1.165) is 22.6 Å². The second-order valence-electron chi connectivity index (χ2n) is 6.19. The molecule has 3 aromatic carbocycles. The monoisotopic (exact) mass is 389 g/mol. The fourth-order valence-electron chi connectivity index (χ4n) is 2.61. The second-order valence-corrected chi connectivity index (χ2v) is 6.19. The van der Waals surface area contributed by atoms with Crippen LogP contribution in [-0.4, -0.2) is 25.8 Å². The van der Waals surface area contributed by atoms with Gasteiger partial charge in [-0.15, -0.1) is 0 Å². The van der Waals surface area contributed by atoms with E-state index >= 15 is 0 Å². The molecule has 148 valence electrons. The van der Waals surface area contributed by atoms with Gasteiger partial charge in [-0.1, -0.05) is 54.6 Å². The molecule has 0 saturated heterocycles. The van der Waals surface area contributed by atoms with E-state index in [1.54, 1.807) is 13.3 Å². The zero-order chi connectivity index (χ0) is 20.3. The molecular weight excluding hydrogens is 366 g/mol. The summed E-state index contributed by atoms with van der Waals surface area (Å²) in [4.78, 5) is 12.0. The van der Waals surface area contributed by atoms with E-state index in [1.165, 1.54) is 0 Å². The first-order valence-electron chi connectivity index (χ1n) is 9.20. The first-order valence-corrected chi connectivity index (χ1v) is 9.20. The Morgan fingerprint density at radius 1 is 1.00 bits per heavy atom. The number of carbonyl (C=O) groups is 1. The van der Waals surface area contributed by atoms with E-state index in [0.29, 0.717) is 12.4 Å². The number of amides is 1. The Labute approximate surface area is 170 Å². The maximum atomic E-state index is 12.0. The first-order chi connectivity index (χ1) is 14.2. The molecule has 0 spiro atoms. The average Bonchev–Trinajstić information content (AvgIpc) is 2.77. The average molecular weight is 389 g/mol. The highest BCUT2D eigenvalue weighted by Gasteiger charge is 2.04. The lowest BCUT2D eigenvalue weighted by molar-refractivity contribution is -0.119. The fraction of sp³-hybridized carbons (Fsp3) is 0.130. The van der Waals surface area contributed by atoms with Crippen LogP contribution in [0.5, 0.6) is 11.5 Å². The molecule has 3 rings (SSSR count). The number of rotatable bonds is 9. The predicted molar refractivity (Wildman–Crippen MR) is 114 cm³/mol. The molecule has 0 aliphatic rings. The number of hydrazone groups is 1. The maximum absolute atomic E-state index is 12.0. The Morgan fingerprint density at radius 2 is 1.79 bits per heavy atom. The van der Waals surface area contributed by atoms with Crippen LogP contribution < -0.4 is 20.2 Å². The molecule has 0 atom stereocenters. The Bertz CT molecular complexity index is 958. The molecule has 29 heavy (non-hydrogen) atoms. The van der Waals surface area contributed by atoms with Crippen molar-refractivity contribution in [2.24, 2.45) is 5.10 Å². The van der Waals surface area contributed by atoms with E-state index in [9.17, 15) is 4.79 Å². The number of carbonyl (C=O) groups excluding carboxylic acids is 1. The van der Waals surface area contributed by atoms with E-state index in [2.05, 4.69) is 15.8 Å². The quantitative estimate of drug-likeness (QED) is 0.431. The summed E-state index contributed by atoms with van der Waals surface area (Å²) in [5.41, 5.74) is 5.18. The molecule has 0 aliphatic carbocycles. The van der Waals surface area contributed by atoms with Gasteiger partial charge in [0.15, 0.2) is 0 Å². The number of para-hydroxylation sites is 2. The van der Waals surface area contributed by atoms with Gasteiger partial charge in [-0.05, 0) is 35.4 Å². The SMILES string of the molecule is COc1ccccc1NCC(=O)N/N=C/c1cccc(OCc2ccccc2)c1. The third-order valence-electron chi connectivity index (χ3n) is 4.06. The molecule has 1 amide bonds. The molecule has 0 saturated carbocycles. The predicted octanol–water partition coefficient (Wildman–Crippen LogP) is 3.84. The van der Waals surface area contributed by atoms with Gasteiger partial charge < -0.3 is 14.8 Å². The van der Waals surface area contributed by atoms with Crippen molar-refractivity contribution in [2.75, 3.05) is 19.0 Å². The third-order valence-corrected chi connectivity index (χ3v) is 4.06. The number of ether oxygens (including phenoxy) is 2. The summed E-state index contributed by atoms with van der Waals surface area (Å²) in [6.07, 6.45) is 1.58. The molecule has 6 nitrogen and oxygen atoms in total. The Balaban J connectivity index is 1.47. The lowest BCUT2D eigenvalue weighted by Crippen LogP contribution is -2.26. The summed E-state index contributed by atoms with van der Waals surface area (Å²) < 4.78 is 11.0. The molecule has 0 bridgehead atoms. The first kappa shape index (κ1) is 19.9. The van der Waals surface area contributed by atoms with Crippen molar-refractivity contribution in [1.29, 1.82) is 0 Å². The molecule has 0 aromatic heterocycles. The van der Waals surface area contributed by atoms with Crippen molar-refractivity contribution in [2.45, 2.75) is 6.61 Å². The third kappa shape index (κ3) is 6.39. The highest BCUT2D eigenvalue weighted by molar-refractivity contribution is 5.84. The van der Waals surface area contributed by atoms with E-state index in [1.807, 2.05) is 78.9 Å². The van der Waals surface area contributed by atoms with Gasteiger partial charge in [0.1, 0.15) is 18.1 Å². The summed E-state index contributed by atoms with van der Waals surface area (Å²) in [6, 6.07) is 24.9. The van der Waals surface area contributed by atoms with Gasteiger partial charge >= 0.3 is 0 Å². The van der Waals surface area contributed by atoms with Crippen LogP contribution in [0.2, 0.25) is 0 Å². The van der Waals surface area contributed by atoms with Crippen molar-refractivity contribution in [3.8, 4) is 11.5 Å². The van der Waals surface area contributed by atoms with E-state index < -0.39 is 0 Å². The molecule has 0 unspecified atom stereocenters. The number of hydrogen-bond donors (Lipinski definition) is 2. The summed E-state index contributed by atoms with van der Waals surface area (Å²) in [5.74, 6) is 1.15. The number of nitrogens with zero attached hydrogens (tertiary/aromatic N) is 1. The Morgan fingerprint density at radius 3 is 2.62 bits per heavy atom. The van der Waals surface area contributed by atoms with Crippen LogP contribution in [0.3, 0.4) is 0 Å². The highest BCUT2D eigenvalue weighted by Crippen LogP contribution is 2.22. The van der Waals surface area contributed by atoms with Crippen molar-refractivity contribution < 1.29 is 14.3 Å². The summed E-state index contributed by atoms with van der Waals surface area (Å²) in [6.45, 7) is 0.574. The zero-order valence-corrected chi connectivity index (χ0v) is 16.2. The van der Waals surface area contributed by atoms with Gasteiger partial charge in [-0.3, -0.25) is 4.79 Å². The minimum atomic E-state index is -0.261. The molecule has 0 aliphatic heterocycles. The van der Waals surface area contributed by atoms with Crippen LogP contribution in [0.25, 0.3) is 0 Å². The lowest BCUT2D eigenvalue weighted by atomic mass is 10.2. The van der Waals surface area contributed by atoms with Crippen molar-refractivity contribution in [3.63, 3.8) is 0 Å². The minimum absolute atomic E-state index is 0.0813. The Kier molecular flexibility index (Phi) is 7.23. The topological polar surface area (TPSA) is 72.0 Å². The van der Waals surface area contributed by atoms with Crippen LogP contribution in [0, 0.1) is 0 Å². The number of nitrogens with one attached hydrogen (secondary N) is 2. The van der Waals surface area contributed by atoms with Crippen molar-refractivity contribution in [3.05, 3.63) is 90.0 Å². The number of benzene rings is 3. The van der Waals surface area contributed by atoms with Gasteiger partial charge in [0.25, 0.3) is 5.91 Å². The summed E-state index contributed by atoms with van der Waals surface area (Å²) >= 11 is 0. The smallest absolute Gasteiger partial charge is 0.259 e. The van der Waals surface area contributed by atoms with Crippen LogP contribution in [-0.2, 0) is 11.4 Å². The highest BCUT2D eigenvalue weighted by atomic mass is 16.5. The van der Waals surface area contributed by atoms with Gasteiger partial charge in [0.05, 0.1) is 25.6 Å². The zero-order valence-electron chi connectivity index (χ0n) is 16.2. The second kappa shape index (κ2) is 10.5. The molecular formula is C23H23N3O3. The van der Waals surface area contributed by atoms with Crippen molar-refractivity contribution >= 4 is 17.8 Å². The fourth-order valence-corrected chi connectivity index (χ4v) is 2.61. The normalized spacial score (nSPS) is 10.5. The summed E-state index contributed by atoms with van der Waals surface area (Å²) in [5, 5.41) is 7.03. The van der Waals surface area contributed by atoms with Gasteiger partial charge in [0.2, 0.25) is 0 Å². The van der Waals surface area contributed by atoms with Gasteiger partial charge in [0, 0.05) is 0 Å². The molecule has 0 heterocycles. The molecule has 3 aromatic rings. The lowest BCUT2D eigenvalue weighted by Gasteiger charge is -2.09. The Hall–Kier alpha value is -3.80. The van der Waals surface area contributed by atoms with E-state index in [4.69, 9.17) is 9.47 Å². The van der Waals surface area contributed by atoms with Crippen LogP contribution in [0.4, 0.5) is 5.69 Å². The van der Waals surface area contributed by atoms with Crippen LogP contribution >= 0.6 is 0 Å². The molecule has 0 fully saturated rings. The standard InChI is InChI=1S/C23H23N3O3/c1-28-22-13-6-5-12-21(22)24-16-23(27)26-25-15-19-10-7-11-20(14-19)29-17-18-8-3-2-4-9-18/h2-15,24H,16-17H2,1H3,(H,26,27)/b25-15+. The van der Waals surface area contributed by atoms with Gasteiger partial charge in [-0.2, -0.15) is 5.10 Å². The molecule has 0 radical (unpaired) electrons. The van der Waals surface area contributed by atoms with E-state index in [-0.39, 0.29) is 12.5 Å². The largest absolute Gasteiger partial charge is 0.495 e. The van der Waals surface area contributed by atoms with Crippen LogP contribution in [0.15, 0.2) is 84.0 Å².